The fourth-order valence-corrected chi connectivity index (χ4v) is 2.72. The fraction of sp³-hybridized carbons (Fsp3) is 0.0667. The van der Waals surface area contributed by atoms with Crippen LogP contribution in [0.2, 0.25) is 10.0 Å². The molecule has 0 unspecified atom stereocenters. The maximum atomic E-state index is 12.8. The Balaban J connectivity index is 2.15. The monoisotopic (exact) mass is 470 g/mol. The first kappa shape index (κ1) is 20.0. The topological polar surface area (TPSA) is 41.1 Å². The van der Waals surface area contributed by atoms with Crippen molar-refractivity contribution < 1.29 is 18.0 Å². The summed E-state index contributed by atoms with van der Waals surface area (Å²) < 4.78 is 38.9. The van der Waals surface area contributed by atoms with E-state index in [0.717, 1.165) is 18.2 Å². The molecule has 10 heteroatoms. The number of rotatable bonds is 2. The van der Waals surface area contributed by atoms with Gasteiger partial charge in [0.05, 0.1) is 26.9 Å². The maximum absolute atomic E-state index is 12.8. The van der Waals surface area contributed by atoms with Gasteiger partial charge in [0, 0.05) is 4.47 Å². The Kier molecular flexibility index (Phi) is 6.31. The predicted molar refractivity (Wildman–Crippen MR) is 99.3 cm³/mol. The van der Waals surface area contributed by atoms with Crippen LogP contribution >= 0.6 is 51.3 Å². The number of hydrogen-bond donors (Lipinski definition) is 2. The first-order valence-corrected chi connectivity index (χ1v) is 8.48. The van der Waals surface area contributed by atoms with Crippen LogP contribution in [0.15, 0.2) is 40.9 Å². The summed E-state index contributed by atoms with van der Waals surface area (Å²) in [4.78, 5) is 12.2. The molecular formula is C15H8BrCl2F3N2OS. The van der Waals surface area contributed by atoms with E-state index >= 15 is 0 Å². The Morgan fingerprint density at radius 3 is 2.36 bits per heavy atom. The van der Waals surface area contributed by atoms with E-state index in [4.69, 9.17) is 35.4 Å². The summed E-state index contributed by atoms with van der Waals surface area (Å²) in [6.07, 6.45) is -4.53. The number of thiocarbonyl (C=S) groups is 1. The van der Waals surface area contributed by atoms with E-state index in [-0.39, 0.29) is 26.4 Å². The molecule has 25 heavy (non-hydrogen) atoms. The van der Waals surface area contributed by atoms with Gasteiger partial charge in [-0.3, -0.25) is 10.1 Å². The minimum Gasteiger partial charge on any atom is -0.331 e. The lowest BCUT2D eigenvalue weighted by atomic mass is 10.2. The van der Waals surface area contributed by atoms with Crippen LogP contribution in [0.5, 0.6) is 0 Å². The average Bonchev–Trinajstić information content (AvgIpc) is 2.50. The molecule has 0 spiro atoms. The fourth-order valence-electron chi connectivity index (χ4n) is 1.79. The van der Waals surface area contributed by atoms with Crippen LogP contribution in [0.4, 0.5) is 18.9 Å². The summed E-state index contributed by atoms with van der Waals surface area (Å²) >= 11 is 20.0. The molecule has 2 N–H and O–H groups in total. The molecule has 0 heterocycles. The first-order valence-electron chi connectivity index (χ1n) is 6.52. The molecule has 0 aliphatic carbocycles. The number of carbonyl (C=O) groups is 1. The van der Waals surface area contributed by atoms with E-state index in [1.165, 1.54) is 12.1 Å². The van der Waals surface area contributed by atoms with Gasteiger partial charge in [-0.05, 0) is 48.6 Å². The lowest BCUT2D eigenvalue weighted by Gasteiger charge is -2.14. The van der Waals surface area contributed by atoms with Crippen LogP contribution in [0.25, 0.3) is 0 Å². The highest BCUT2D eigenvalue weighted by Gasteiger charge is 2.31. The largest absolute Gasteiger partial charge is 0.416 e. The van der Waals surface area contributed by atoms with Crippen molar-refractivity contribution in [3.63, 3.8) is 0 Å². The van der Waals surface area contributed by atoms with E-state index < -0.39 is 17.6 Å². The number of halogens is 6. The minimum atomic E-state index is -4.53. The van der Waals surface area contributed by atoms with Gasteiger partial charge >= 0.3 is 6.18 Å². The third kappa shape index (κ3) is 5.31. The van der Waals surface area contributed by atoms with E-state index in [2.05, 4.69) is 26.6 Å². The van der Waals surface area contributed by atoms with Crippen molar-refractivity contribution in [2.75, 3.05) is 5.32 Å². The number of alkyl halides is 3. The Labute approximate surface area is 164 Å². The summed E-state index contributed by atoms with van der Waals surface area (Å²) in [5.74, 6) is -0.619. The van der Waals surface area contributed by atoms with Crippen molar-refractivity contribution in [3.8, 4) is 0 Å². The van der Waals surface area contributed by atoms with Gasteiger partial charge in [-0.25, -0.2) is 0 Å². The van der Waals surface area contributed by atoms with E-state index in [1.807, 2.05) is 0 Å². The van der Waals surface area contributed by atoms with Crippen LogP contribution in [-0.4, -0.2) is 11.0 Å². The number of nitrogens with one attached hydrogen (secondary N) is 2. The molecule has 0 aliphatic heterocycles. The maximum Gasteiger partial charge on any atom is 0.416 e. The Morgan fingerprint density at radius 2 is 1.72 bits per heavy atom. The minimum absolute atomic E-state index is 0.0186. The second kappa shape index (κ2) is 7.90. The normalized spacial score (nSPS) is 11.1. The molecule has 2 rings (SSSR count). The molecule has 0 fully saturated rings. The van der Waals surface area contributed by atoms with Gasteiger partial charge < -0.3 is 5.32 Å². The Morgan fingerprint density at radius 1 is 1.08 bits per heavy atom. The SMILES string of the molecule is O=C(NC(=S)Nc1cc(C(F)(F)F)ccc1Cl)c1cc(Br)ccc1Cl. The van der Waals surface area contributed by atoms with E-state index in [1.54, 1.807) is 6.07 Å². The van der Waals surface area contributed by atoms with E-state index in [0.29, 0.717) is 4.47 Å². The molecule has 0 saturated carbocycles. The summed E-state index contributed by atoms with van der Waals surface area (Å²) in [5.41, 5.74) is -0.832. The van der Waals surface area contributed by atoms with E-state index in [9.17, 15) is 18.0 Å². The molecule has 0 radical (unpaired) electrons. The molecule has 2 aromatic carbocycles. The zero-order chi connectivity index (χ0) is 18.8. The van der Waals surface area contributed by atoms with Crippen molar-refractivity contribution in [2.45, 2.75) is 6.18 Å². The van der Waals surface area contributed by atoms with Gasteiger partial charge in [-0.15, -0.1) is 0 Å². The average molecular weight is 472 g/mol. The molecule has 0 saturated heterocycles. The second-order valence-electron chi connectivity index (χ2n) is 4.72. The summed E-state index contributed by atoms with van der Waals surface area (Å²) in [7, 11) is 0. The van der Waals surface area contributed by atoms with Crippen molar-refractivity contribution in [2.24, 2.45) is 0 Å². The van der Waals surface area contributed by atoms with Gasteiger partial charge in [0.1, 0.15) is 0 Å². The van der Waals surface area contributed by atoms with Gasteiger partial charge in [0.2, 0.25) is 0 Å². The Hall–Kier alpha value is -1.35. The summed E-state index contributed by atoms with van der Waals surface area (Å²) in [6, 6.07) is 7.38. The number of hydrogen-bond acceptors (Lipinski definition) is 2. The summed E-state index contributed by atoms with van der Waals surface area (Å²) in [6.45, 7) is 0. The number of carbonyl (C=O) groups excluding carboxylic acids is 1. The van der Waals surface area contributed by atoms with Crippen LogP contribution in [0, 0.1) is 0 Å². The number of amides is 1. The highest BCUT2D eigenvalue weighted by Crippen LogP contribution is 2.33. The standard InChI is InChI=1S/C15H8BrCl2F3N2OS/c16-8-2-4-10(17)9(6-8)13(24)23-14(25)22-12-5-7(15(19,20)21)1-3-11(12)18/h1-6H,(H2,22,23,24,25). The van der Waals surface area contributed by atoms with Gasteiger partial charge in [-0.2, -0.15) is 13.2 Å². The lowest BCUT2D eigenvalue weighted by Crippen LogP contribution is -2.34. The molecule has 3 nitrogen and oxygen atoms in total. The lowest BCUT2D eigenvalue weighted by molar-refractivity contribution is -0.137. The third-order valence-electron chi connectivity index (χ3n) is 2.94. The molecule has 0 aliphatic rings. The highest BCUT2D eigenvalue weighted by atomic mass is 79.9. The molecule has 1 amide bonds. The van der Waals surface area contributed by atoms with Crippen molar-refractivity contribution in [1.29, 1.82) is 0 Å². The zero-order valence-corrected chi connectivity index (χ0v) is 16.0. The molecule has 2 aromatic rings. The van der Waals surface area contributed by atoms with Gasteiger partial charge in [0.25, 0.3) is 5.91 Å². The van der Waals surface area contributed by atoms with Crippen molar-refractivity contribution in [3.05, 3.63) is 62.0 Å². The van der Waals surface area contributed by atoms with Crippen LogP contribution < -0.4 is 10.6 Å². The smallest absolute Gasteiger partial charge is 0.331 e. The molecular weight excluding hydrogens is 464 g/mol. The van der Waals surface area contributed by atoms with Crippen molar-refractivity contribution >= 4 is 68.1 Å². The molecule has 0 atom stereocenters. The zero-order valence-electron chi connectivity index (χ0n) is 12.0. The molecule has 0 aromatic heterocycles. The quantitative estimate of drug-likeness (QED) is 0.535. The number of benzene rings is 2. The number of anilines is 1. The molecule has 132 valence electrons. The van der Waals surface area contributed by atoms with Crippen LogP contribution in [0.3, 0.4) is 0 Å². The van der Waals surface area contributed by atoms with Gasteiger partial charge in [0.15, 0.2) is 5.11 Å². The first-order chi connectivity index (χ1) is 11.6. The predicted octanol–water partition coefficient (Wildman–Crippen LogP) is 5.90. The van der Waals surface area contributed by atoms with Crippen molar-refractivity contribution in [1.82, 2.24) is 5.32 Å². The highest BCUT2D eigenvalue weighted by molar-refractivity contribution is 9.10. The van der Waals surface area contributed by atoms with Gasteiger partial charge in [-0.1, -0.05) is 39.1 Å². The third-order valence-corrected chi connectivity index (χ3v) is 4.30. The summed E-state index contributed by atoms with van der Waals surface area (Å²) in [5, 5.41) is 4.80. The Bertz CT molecular complexity index is 846. The van der Waals surface area contributed by atoms with Crippen LogP contribution in [0.1, 0.15) is 15.9 Å². The van der Waals surface area contributed by atoms with Crippen LogP contribution in [-0.2, 0) is 6.18 Å². The second-order valence-corrected chi connectivity index (χ2v) is 6.86. The molecule has 0 bridgehead atoms.